The first kappa shape index (κ1) is 37.7. The summed E-state index contributed by atoms with van der Waals surface area (Å²) in [5.41, 5.74) is 5.60. The Hall–Kier alpha value is -5.06. The van der Waals surface area contributed by atoms with E-state index in [1.165, 1.54) is 61.4 Å². The average molecular weight is 733 g/mol. The summed E-state index contributed by atoms with van der Waals surface area (Å²) < 4.78 is 36.6. The zero-order chi connectivity index (χ0) is 37.4. The van der Waals surface area contributed by atoms with Gasteiger partial charge in [-0.25, -0.2) is 22.9 Å². The molecule has 5 aromatic rings. The molecule has 1 aliphatic carbocycles. The number of rotatable bonds is 15. The van der Waals surface area contributed by atoms with E-state index in [-0.39, 0.29) is 34.4 Å². The Labute approximate surface area is 313 Å². The number of carboxylic acids is 1. The van der Waals surface area contributed by atoms with Crippen LogP contribution in [-0.2, 0) is 23.1 Å². The summed E-state index contributed by atoms with van der Waals surface area (Å²) in [6.45, 7) is 7.52. The summed E-state index contributed by atoms with van der Waals surface area (Å²) in [6, 6.07) is 33.9. The quantitative estimate of drug-likeness (QED) is 0.109. The number of carboxylic acid groups (broad SMARTS) is 1. The van der Waals surface area contributed by atoms with Gasteiger partial charge in [0.05, 0.1) is 16.2 Å². The standard InChI is InChI=1S/C43H48N4O5S/c1-30-15-13-16-31(2)41(30)38-27-40(45-43(44-38)46-53(50,51)37-24-14-23-36(26-37)42(48)49)52-32(3)39(25-33-17-7-4-8-18-33)47(28-34-19-9-5-10-20-34)29-35-21-11-6-12-22-35/h5-6,9-16,19-24,26-27,32-33,39H,4,7-8,17-18,25,28-29H2,1-3H3,(H,48,49)(H,44,45,46)/t32-,39+/m0/s1. The van der Waals surface area contributed by atoms with Gasteiger partial charge in [-0.1, -0.05) is 117 Å². The molecule has 1 heterocycles. The van der Waals surface area contributed by atoms with Crippen molar-refractivity contribution >= 4 is 21.9 Å². The molecule has 0 aliphatic heterocycles. The molecular formula is C43H48N4O5S. The number of aromatic nitrogens is 2. The topological polar surface area (TPSA) is 122 Å². The number of aromatic carboxylic acids is 1. The summed E-state index contributed by atoms with van der Waals surface area (Å²) in [7, 11) is -4.25. The molecule has 0 radical (unpaired) electrons. The van der Waals surface area contributed by atoms with Crippen LogP contribution in [0.25, 0.3) is 11.3 Å². The Kier molecular flexibility index (Phi) is 12.2. The summed E-state index contributed by atoms with van der Waals surface area (Å²) in [6.07, 6.45) is 6.73. The minimum Gasteiger partial charge on any atom is -0.478 e. The first-order valence-electron chi connectivity index (χ1n) is 18.4. The van der Waals surface area contributed by atoms with Crippen LogP contribution in [-0.4, -0.2) is 46.5 Å². The van der Waals surface area contributed by atoms with Gasteiger partial charge in [-0.3, -0.25) is 4.90 Å². The van der Waals surface area contributed by atoms with Gasteiger partial charge in [0.25, 0.3) is 10.0 Å². The fraction of sp³-hybridized carbons (Fsp3) is 0.326. The van der Waals surface area contributed by atoms with Crippen LogP contribution >= 0.6 is 0 Å². The number of hydrogen-bond donors (Lipinski definition) is 2. The second-order valence-corrected chi connectivity index (χ2v) is 15.8. The van der Waals surface area contributed by atoms with Gasteiger partial charge in [0, 0.05) is 30.8 Å². The number of aryl methyl sites for hydroxylation is 2. The lowest BCUT2D eigenvalue weighted by molar-refractivity contribution is 0.0436. The largest absolute Gasteiger partial charge is 0.478 e. The van der Waals surface area contributed by atoms with Crippen LogP contribution in [0.1, 0.15) is 78.1 Å². The third-order valence-electron chi connectivity index (χ3n) is 10.1. The highest BCUT2D eigenvalue weighted by atomic mass is 32.2. The van der Waals surface area contributed by atoms with Gasteiger partial charge in [-0.2, -0.15) is 4.98 Å². The molecule has 1 aliphatic rings. The highest BCUT2D eigenvalue weighted by molar-refractivity contribution is 7.92. The molecule has 0 spiro atoms. The van der Waals surface area contributed by atoms with Crippen LogP contribution in [0.5, 0.6) is 5.88 Å². The van der Waals surface area contributed by atoms with E-state index in [2.05, 4.69) is 75.0 Å². The lowest BCUT2D eigenvalue weighted by atomic mass is 9.83. The van der Waals surface area contributed by atoms with Crippen LogP contribution in [0.3, 0.4) is 0 Å². The maximum Gasteiger partial charge on any atom is 0.335 e. The molecule has 0 bridgehead atoms. The summed E-state index contributed by atoms with van der Waals surface area (Å²) in [5.74, 6) is -0.581. The highest BCUT2D eigenvalue weighted by Crippen LogP contribution is 2.34. The average Bonchev–Trinajstić information content (AvgIpc) is 3.14. The monoisotopic (exact) mass is 732 g/mol. The SMILES string of the molecule is Cc1cccc(C)c1-c1cc(O[C@@H](C)[C@@H](CC2CCCCC2)N(Cc2ccccc2)Cc2ccccc2)nc(NS(=O)(=O)c2cccc(C(=O)O)c2)n1. The lowest BCUT2D eigenvalue weighted by Crippen LogP contribution is -2.45. The van der Waals surface area contributed by atoms with Crippen LogP contribution in [0, 0.1) is 19.8 Å². The van der Waals surface area contributed by atoms with Crippen molar-refractivity contribution in [1.29, 1.82) is 0 Å². The molecule has 6 rings (SSSR count). The van der Waals surface area contributed by atoms with Gasteiger partial charge < -0.3 is 9.84 Å². The number of anilines is 1. The minimum atomic E-state index is -4.25. The van der Waals surface area contributed by atoms with Gasteiger partial charge >= 0.3 is 5.97 Å². The Morgan fingerprint density at radius 3 is 2.04 bits per heavy atom. The molecule has 1 fully saturated rings. The van der Waals surface area contributed by atoms with Crippen LogP contribution in [0.4, 0.5) is 5.95 Å². The fourth-order valence-electron chi connectivity index (χ4n) is 7.45. The van der Waals surface area contributed by atoms with Crippen LogP contribution in [0.15, 0.2) is 114 Å². The Morgan fingerprint density at radius 1 is 0.830 bits per heavy atom. The third kappa shape index (κ3) is 9.88. The van der Waals surface area contributed by atoms with Crippen molar-refractivity contribution in [2.45, 2.75) is 89.4 Å². The number of nitrogens with zero attached hydrogens (tertiary/aromatic N) is 3. The van der Waals surface area contributed by atoms with E-state index in [1.54, 1.807) is 6.07 Å². The molecule has 0 saturated heterocycles. The number of nitrogens with one attached hydrogen (secondary N) is 1. The molecule has 1 saturated carbocycles. The highest BCUT2D eigenvalue weighted by Gasteiger charge is 2.31. The van der Waals surface area contributed by atoms with E-state index < -0.39 is 16.0 Å². The number of benzene rings is 4. The second kappa shape index (κ2) is 17.2. The van der Waals surface area contributed by atoms with Crippen molar-refractivity contribution in [3.8, 4) is 17.1 Å². The van der Waals surface area contributed by atoms with Crippen LogP contribution < -0.4 is 9.46 Å². The van der Waals surface area contributed by atoms with E-state index >= 15 is 0 Å². The van der Waals surface area contributed by atoms with Crippen molar-refractivity contribution in [3.05, 3.63) is 137 Å². The minimum absolute atomic E-state index is 0.0102. The van der Waals surface area contributed by atoms with Gasteiger partial charge in [0.2, 0.25) is 11.8 Å². The predicted octanol–water partition coefficient (Wildman–Crippen LogP) is 9.07. The Balaban J connectivity index is 1.39. The van der Waals surface area contributed by atoms with Crippen molar-refractivity contribution in [2.75, 3.05) is 4.72 Å². The normalized spacial score (nSPS) is 14.8. The molecule has 0 unspecified atom stereocenters. The number of sulfonamides is 1. The van der Waals surface area contributed by atoms with Crippen molar-refractivity contribution < 1.29 is 23.1 Å². The van der Waals surface area contributed by atoms with E-state index in [0.29, 0.717) is 11.6 Å². The number of ether oxygens (including phenoxy) is 1. The number of carbonyl (C=O) groups is 1. The molecule has 9 nitrogen and oxygen atoms in total. The maximum absolute atomic E-state index is 13.6. The first-order valence-corrected chi connectivity index (χ1v) is 19.8. The van der Waals surface area contributed by atoms with Gasteiger partial charge in [0.15, 0.2) is 0 Å². The lowest BCUT2D eigenvalue weighted by Gasteiger charge is -2.38. The smallest absolute Gasteiger partial charge is 0.335 e. The molecule has 1 aromatic heterocycles. The molecule has 276 valence electrons. The molecule has 0 amide bonds. The van der Waals surface area contributed by atoms with E-state index in [9.17, 15) is 18.3 Å². The summed E-state index contributed by atoms with van der Waals surface area (Å²) in [5, 5.41) is 9.49. The van der Waals surface area contributed by atoms with Gasteiger partial charge in [-0.05, 0) is 73.6 Å². The number of hydrogen-bond acceptors (Lipinski definition) is 7. The molecule has 53 heavy (non-hydrogen) atoms. The van der Waals surface area contributed by atoms with Crippen LogP contribution in [0.2, 0.25) is 0 Å². The summed E-state index contributed by atoms with van der Waals surface area (Å²) in [4.78, 5) is 23.2. The maximum atomic E-state index is 13.6. The molecule has 2 atom stereocenters. The molecular weight excluding hydrogens is 685 g/mol. The van der Waals surface area contributed by atoms with E-state index in [1.807, 2.05) is 44.2 Å². The molecule has 2 N–H and O–H groups in total. The van der Waals surface area contributed by atoms with E-state index in [0.717, 1.165) is 42.3 Å². The predicted molar refractivity (Wildman–Crippen MR) is 208 cm³/mol. The van der Waals surface area contributed by atoms with E-state index in [4.69, 9.17) is 4.74 Å². The fourth-order valence-corrected chi connectivity index (χ4v) is 8.44. The zero-order valence-electron chi connectivity index (χ0n) is 30.6. The Bertz CT molecular complexity index is 2040. The summed E-state index contributed by atoms with van der Waals surface area (Å²) >= 11 is 0. The Morgan fingerprint density at radius 2 is 1.43 bits per heavy atom. The van der Waals surface area contributed by atoms with Crippen molar-refractivity contribution in [1.82, 2.24) is 14.9 Å². The van der Waals surface area contributed by atoms with Gasteiger partial charge in [-0.15, -0.1) is 0 Å². The second-order valence-electron chi connectivity index (χ2n) is 14.1. The zero-order valence-corrected chi connectivity index (χ0v) is 31.4. The first-order chi connectivity index (χ1) is 25.6. The molecule has 10 heteroatoms. The molecule has 4 aromatic carbocycles. The van der Waals surface area contributed by atoms with Gasteiger partial charge in [0.1, 0.15) is 6.10 Å². The van der Waals surface area contributed by atoms with Crippen molar-refractivity contribution in [3.63, 3.8) is 0 Å². The third-order valence-corrected chi connectivity index (χ3v) is 11.5. The van der Waals surface area contributed by atoms with Crippen molar-refractivity contribution in [2.24, 2.45) is 5.92 Å².